The van der Waals surface area contributed by atoms with Gasteiger partial charge in [0.1, 0.15) is 11.6 Å². The van der Waals surface area contributed by atoms with Crippen molar-refractivity contribution in [1.82, 2.24) is 24.6 Å². The van der Waals surface area contributed by atoms with E-state index in [0.717, 1.165) is 17.8 Å². The summed E-state index contributed by atoms with van der Waals surface area (Å²) >= 11 is 1.34. The standard InChI is InChI=1S/C27H26N6O3S/c1-4-9-22-28-16(3)23-26(35)30-24(32-33(22)23)19-14-18(12-13-21(19)36-5-2)20-15-37-27(29-20)31-25(34)17-10-7-6-8-11-17/h6-8,10-15H,4-5,9H2,1-3H3,(H,29,31,34)(H,30,32,35). The molecule has 0 atom stereocenters. The minimum atomic E-state index is -0.259. The highest BCUT2D eigenvalue weighted by Gasteiger charge is 2.18. The summed E-state index contributed by atoms with van der Waals surface area (Å²) in [6, 6.07) is 14.6. The third kappa shape index (κ3) is 4.88. The van der Waals surface area contributed by atoms with Crippen LogP contribution in [0.3, 0.4) is 0 Å². The van der Waals surface area contributed by atoms with Crippen LogP contribution in [0.15, 0.2) is 58.7 Å². The third-order valence-corrected chi connectivity index (χ3v) is 6.57. The van der Waals surface area contributed by atoms with Crippen LogP contribution in [0.2, 0.25) is 0 Å². The van der Waals surface area contributed by atoms with E-state index in [2.05, 4.69) is 27.2 Å². The SMILES string of the molecule is CCCc1nc(C)c2c(=O)[nH]c(-c3cc(-c4csc(NC(=O)c5ccccc5)n4)ccc3OCC)nn12. The van der Waals surface area contributed by atoms with Gasteiger partial charge < -0.3 is 9.72 Å². The fourth-order valence-corrected chi connectivity index (χ4v) is 4.84. The number of anilines is 1. The number of rotatable bonds is 8. The van der Waals surface area contributed by atoms with Crippen molar-refractivity contribution in [3.63, 3.8) is 0 Å². The zero-order valence-electron chi connectivity index (χ0n) is 20.7. The Balaban J connectivity index is 1.53. The average molecular weight is 515 g/mol. The maximum absolute atomic E-state index is 13.0. The number of imidazole rings is 1. The van der Waals surface area contributed by atoms with Crippen LogP contribution >= 0.6 is 11.3 Å². The summed E-state index contributed by atoms with van der Waals surface area (Å²) in [6.07, 6.45) is 1.59. The summed E-state index contributed by atoms with van der Waals surface area (Å²) < 4.78 is 7.50. The zero-order chi connectivity index (χ0) is 25.9. The normalized spacial score (nSPS) is 11.1. The number of ether oxygens (including phenoxy) is 1. The van der Waals surface area contributed by atoms with Gasteiger partial charge in [0.15, 0.2) is 16.5 Å². The van der Waals surface area contributed by atoms with Crippen molar-refractivity contribution in [2.24, 2.45) is 0 Å². The third-order valence-electron chi connectivity index (χ3n) is 5.81. The van der Waals surface area contributed by atoms with Crippen LogP contribution in [0.1, 0.15) is 42.1 Å². The van der Waals surface area contributed by atoms with Gasteiger partial charge in [-0.15, -0.1) is 16.4 Å². The Hall–Kier alpha value is -4.31. The van der Waals surface area contributed by atoms with E-state index in [0.29, 0.717) is 57.8 Å². The molecule has 9 nitrogen and oxygen atoms in total. The summed E-state index contributed by atoms with van der Waals surface area (Å²) in [7, 11) is 0. The van der Waals surface area contributed by atoms with Crippen LogP contribution in [0, 0.1) is 6.92 Å². The molecular weight excluding hydrogens is 488 g/mol. The fourth-order valence-electron chi connectivity index (χ4n) is 4.12. The number of hydrogen-bond acceptors (Lipinski definition) is 7. The van der Waals surface area contributed by atoms with Gasteiger partial charge in [0.25, 0.3) is 11.5 Å². The number of nitrogens with zero attached hydrogens (tertiary/aromatic N) is 4. The quantitative estimate of drug-likeness (QED) is 0.297. The number of H-pyrrole nitrogens is 1. The van der Waals surface area contributed by atoms with E-state index >= 15 is 0 Å². The number of aromatic amines is 1. The largest absolute Gasteiger partial charge is 0.493 e. The van der Waals surface area contributed by atoms with Gasteiger partial charge in [-0.1, -0.05) is 25.1 Å². The van der Waals surface area contributed by atoms with E-state index in [4.69, 9.17) is 9.84 Å². The van der Waals surface area contributed by atoms with Crippen molar-refractivity contribution in [1.29, 1.82) is 0 Å². The molecule has 1 amide bonds. The molecule has 0 fully saturated rings. The lowest BCUT2D eigenvalue weighted by Crippen LogP contribution is -2.16. The minimum absolute atomic E-state index is 0.220. The van der Waals surface area contributed by atoms with Crippen molar-refractivity contribution < 1.29 is 9.53 Å². The van der Waals surface area contributed by atoms with E-state index in [1.807, 2.05) is 55.6 Å². The Morgan fingerprint density at radius 2 is 1.95 bits per heavy atom. The molecule has 3 aromatic heterocycles. The molecule has 0 saturated heterocycles. The first-order chi connectivity index (χ1) is 18.0. The van der Waals surface area contributed by atoms with Crippen LogP contribution in [-0.2, 0) is 6.42 Å². The number of amides is 1. The number of benzene rings is 2. The molecular formula is C27H26N6O3S. The first-order valence-corrected chi connectivity index (χ1v) is 12.9. The molecule has 0 unspecified atom stereocenters. The zero-order valence-corrected chi connectivity index (χ0v) is 21.6. The van der Waals surface area contributed by atoms with E-state index in [-0.39, 0.29) is 11.5 Å². The van der Waals surface area contributed by atoms with Crippen molar-refractivity contribution in [3.8, 4) is 28.4 Å². The molecule has 3 heterocycles. The molecule has 5 aromatic rings. The number of aryl methyl sites for hydroxylation is 2. The predicted octanol–water partition coefficient (Wildman–Crippen LogP) is 5.12. The molecule has 188 valence electrons. The maximum atomic E-state index is 13.0. The fraction of sp³-hybridized carbons (Fsp3) is 0.222. The lowest BCUT2D eigenvalue weighted by atomic mass is 10.1. The predicted molar refractivity (Wildman–Crippen MR) is 144 cm³/mol. The molecule has 0 saturated carbocycles. The number of fused-ring (bicyclic) bond motifs is 1. The average Bonchev–Trinajstić information content (AvgIpc) is 3.49. The van der Waals surface area contributed by atoms with Crippen LogP contribution in [0.25, 0.3) is 28.2 Å². The second-order valence-corrected chi connectivity index (χ2v) is 9.29. The lowest BCUT2D eigenvalue weighted by Gasteiger charge is -2.12. The summed E-state index contributed by atoms with van der Waals surface area (Å²) in [5.41, 5.74) is 3.51. The van der Waals surface area contributed by atoms with Gasteiger partial charge >= 0.3 is 0 Å². The molecule has 0 aliphatic carbocycles. The first-order valence-electron chi connectivity index (χ1n) is 12.1. The highest BCUT2D eigenvalue weighted by molar-refractivity contribution is 7.14. The molecule has 5 rings (SSSR count). The Kier molecular flexibility index (Phi) is 6.82. The van der Waals surface area contributed by atoms with Gasteiger partial charge in [-0.25, -0.2) is 14.5 Å². The Morgan fingerprint density at radius 1 is 1.14 bits per heavy atom. The van der Waals surface area contributed by atoms with Crippen molar-refractivity contribution >= 4 is 27.9 Å². The van der Waals surface area contributed by atoms with Gasteiger partial charge in [0.2, 0.25) is 0 Å². The van der Waals surface area contributed by atoms with Gasteiger partial charge in [-0.2, -0.15) is 0 Å². The number of aromatic nitrogens is 5. The molecule has 0 radical (unpaired) electrons. The Labute approximate surface area is 217 Å². The Morgan fingerprint density at radius 3 is 2.70 bits per heavy atom. The van der Waals surface area contributed by atoms with Crippen molar-refractivity contribution in [2.75, 3.05) is 11.9 Å². The highest BCUT2D eigenvalue weighted by Crippen LogP contribution is 2.34. The molecule has 2 aromatic carbocycles. The summed E-state index contributed by atoms with van der Waals surface area (Å²) in [6.45, 7) is 6.23. The van der Waals surface area contributed by atoms with Crippen LogP contribution in [0.5, 0.6) is 5.75 Å². The number of hydrogen-bond donors (Lipinski definition) is 2. The second kappa shape index (κ2) is 10.4. The minimum Gasteiger partial charge on any atom is -0.493 e. The maximum Gasteiger partial charge on any atom is 0.277 e. The van der Waals surface area contributed by atoms with Crippen LogP contribution < -0.4 is 15.6 Å². The molecule has 0 spiro atoms. The smallest absolute Gasteiger partial charge is 0.277 e. The molecule has 37 heavy (non-hydrogen) atoms. The molecule has 2 N–H and O–H groups in total. The van der Waals surface area contributed by atoms with E-state index in [9.17, 15) is 9.59 Å². The molecule has 0 aliphatic rings. The Bertz CT molecular complexity index is 1640. The van der Waals surface area contributed by atoms with Crippen LogP contribution in [-0.4, -0.2) is 37.1 Å². The molecule has 10 heteroatoms. The van der Waals surface area contributed by atoms with Gasteiger partial charge in [0, 0.05) is 22.9 Å². The highest BCUT2D eigenvalue weighted by atomic mass is 32.1. The monoisotopic (exact) mass is 514 g/mol. The van der Waals surface area contributed by atoms with Crippen molar-refractivity contribution in [2.45, 2.75) is 33.6 Å². The summed E-state index contributed by atoms with van der Waals surface area (Å²) in [4.78, 5) is 37.6. The van der Waals surface area contributed by atoms with Gasteiger partial charge in [-0.3, -0.25) is 14.9 Å². The second-order valence-electron chi connectivity index (χ2n) is 8.43. The van der Waals surface area contributed by atoms with E-state index in [1.165, 1.54) is 11.3 Å². The van der Waals surface area contributed by atoms with Gasteiger partial charge in [0.05, 0.1) is 23.6 Å². The van der Waals surface area contributed by atoms with Crippen molar-refractivity contribution in [3.05, 3.63) is 81.3 Å². The van der Waals surface area contributed by atoms with E-state index in [1.54, 1.807) is 16.6 Å². The molecule has 0 bridgehead atoms. The topological polar surface area (TPSA) is 114 Å². The number of nitrogens with one attached hydrogen (secondary N) is 2. The summed E-state index contributed by atoms with van der Waals surface area (Å²) in [5.74, 6) is 1.50. The summed E-state index contributed by atoms with van der Waals surface area (Å²) in [5, 5.41) is 9.96. The van der Waals surface area contributed by atoms with Gasteiger partial charge in [-0.05, 0) is 50.6 Å². The first kappa shape index (κ1) is 24.4. The number of carbonyl (C=O) groups is 1. The number of carbonyl (C=O) groups excluding carboxylic acids is 1. The molecule has 0 aliphatic heterocycles. The lowest BCUT2D eigenvalue weighted by molar-refractivity contribution is 0.102. The van der Waals surface area contributed by atoms with Crippen LogP contribution in [0.4, 0.5) is 5.13 Å². The van der Waals surface area contributed by atoms with E-state index < -0.39 is 0 Å². The number of thiazole rings is 1.